The summed E-state index contributed by atoms with van der Waals surface area (Å²) in [7, 11) is 3.24. The highest BCUT2D eigenvalue weighted by Crippen LogP contribution is 2.44. The molecule has 3 aromatic rings. The predicted molar refractivity (Wildman–Crippen MR) is 120 cm³/mol. The lowest BCUT2D eigenvalue weighted by Crippen LogP contribution is -2.35. The first-order chi connectivity index (χ1) is 14.4. The topological polar surface area (TPSA) is 76.6 Å². The largest absolute Gasteiger partial charge is 0.493 e. The molecule has 0 saturated carbocycles. The number of thiophene rings is 1. The first-order valence-corrected chi connectivity index (χ1v) is 10.8. The van der Waals surface area contributed by atoms with E-state index >= 15 is 0 Å². The summed E-state index contributed by atoms with van der Waals surface area (Å²) in [6.07, 6.45) is 0.871. The van der Waals surface area contributed by atoms with Crippen LogP contribution in [0.5, 0.6) is 11.5 Å². The van der Waals surface area contributed by atoms with E-state index in [1.165, 1.54) is 0 Å². The van der Waals surface area contributed by atoms with E-state index in [9.17, 15) is 4.79 Å². The Morgan fingerprint density at radius 2 is 2.03 bits per heavy atom. The fraction of sp³-hybridized carbons (Fsp3) is 0.381. The molecule has 0 unspecified atom stereocenters. The summed E-state index contributed by atoms with van der Waals surface area (Å²) in [5.41, 5.74) is 2.82. The number of benzene rings is 1. The van der Waals surface area contributed by atoms with Crippen LogP contribution in [0.25, 0.3) is 21.3 Å². The van der Waals surface area contributed by atoms with Gasteiger partial charge in [0.15, 0.2) is 17.3 Å². The average Bonchev–Trinajstić information content (AvgIpc) is 3.30. The van der Waals surface area contributed by atoms with Crippen LogP contribution < -0.4 is 19.7 Å². The molecule has 1 saturated heterocycles. The highest BCUT2D eigenvalue weighted by Gasteiger charge is 2.28. The Morgan fingerprint density at radius 1 is 1.27 bits per heavy atom. The van der Waals surface area contributed by atoms with E-state index in [2.05, 4.69) is 27.1 Å². The molecule has 1 aliphatic heterocycles. The Kier molecular flexibility index (Phi) is 5.71. The van der Waals surface area contributed by atoms with Gasteiger partial charge in [-0.1, -0.05) is 6.07 Å². The summed E-state index contributed by atoms with van der Waals surface area (Å²) >= 11 is 7.99. The number of rotatable bonds is 5. The minimum Gasteiger partial charge on any atom is -0.493 e. The molecule has 158 valence electrons. The van der Waals surface area contributed by atoms with Crippen LogP contribution in [0.4, 0.5) is 5.82 Å². The van der Waals surface area contributed by atoms with Gasteiger partial charge in [0.05, 0.1) is 24.4 Å². The number of ether oxygens (including phenoxy) is 2. The smallest absolute Gasteiger partial charge is 0.224 e. The van der Waals surface area contributed by atoms with Crippen molar-refractivity contribution in [3.05, 3.63) is 28.4 Å². The maximum Gasteiger partial charge on any atom is 0.224 e. The number of anilines is 1. The summed E-state index contributed by atoms with van der Waals surface area (Å²) in [6, 6.07) is 5.94. The molecule has 1 N–H and O–H groups in total. The quantitative estimate of drug-likeness (QED) is 0.596. The number of fused-ring (bicyclic) bond motifs is 1. The SMILES string of the molecule is COc1ccc(-c2c(C)sc3c(N4CC[C@@H](NC(C)=O)C4)nc(Cl)nc23)cc1OC. The standard InChI is InChI=1S/C21H23ClN4O3S/c1-11-17(13-5-6-15(28-3)16(9-13)29-4)18-19(30-11)20(25-21(22)24-18)26-8-7-14(10-26)23-12(2)27/h5-6,9,14H,7-8,10H2,1-4H3,(H,23,27)/t14-/m1/s1. The van der Waals surface area contributed by atoms with Gasteiger partial charge in [0, 0.05) is 36.5 Å². The molecule has 1 amide bonds. The van der Waals surface area contributed by atoms with Crippen LogP contribution in [0.2, 0.25) is 5.28 Å². The molecule has 0 bridgehead atoms. The van der Waals surface area contributed by atoms with Crippen molar-refractivity contribution in [1.29, 1.82) is 0 Å². The zero-order valence-electron chi connectivity index (χ0n) is 17.3. The van der Waals surface area contributed by atoms with E-state index in [0.29, 0.717) is 18.0 Å². The molecule has 1 fully saturated rings. The number of aryl methyl sites for hydroxylation is 1. The van der Waals surface area contributed by atoms with Crippen molar-refractivity contribution in [2.45, 2.75) is 26.3 Å². The Morgan fingerprint density at radius 3 is 2.73 bits per heavy atom. The predicted octanol–water partition coefficient (Wildman–Crippen LogP) is 4.05. The summed E-state index contributed by atoms with van der Waals surface area (Å²) < 4.78 is 11.8. The lowest BCUT2D eigenvalue weighted by atomic mass is 10.0. The van der Waals surface area contributed by atoms with Gasteiger partial charge in [-0.25, -0.2) is 4.98 Å². The number of amides is 1. The highest BCUT2D eigenvalue weighted by molar-refractivity contribution is 7.20. The fourth-order valence-electron chi connectivity index (χ4n) is 3.95. The van der Waals surface area contributed by atoms with Crippen LogP contribution in [0, 0.1) is 6.92 Å². The number of hydrogen-bond acceptors (Lipinski definition) is 7. The molecule has 1 aromatic carbocycles. The molecule has 4 rings (SSSR count). The number of methoxy groups -OCH3 is 2. The minimum atomic E-state index is -0.0181. The third kappa shape index (κ3) is 3.77. The summed E-state index contributed by atoms with van der Waals surface area (Å²) in [5.74, 6) is 2.13. The number of carbonyl (C=O) groups is 1. The Labute approximate surface area is 184 Å². The van der Waals surface area contributed by atoms with E-state index < -0.39 is 0 Å². The number of nitrogens with one attached hydrogen (secondary N) is 1. The molecule has 3 heterocycles. The molecule has 1 aliphatic rings. The molecular formula is C21H23ClN4O3S. The van der Waals surface area contributed by atoms with Crippen LogP contribution in [0.15, 0.2) is 18.2 Å². The Hall–Kier alpha value is -2.58. The third-order valence-electron chi connectivity index (χ3n) is 5.23. The van der Waals surface area contributed by atoms with Crippen molar-refractivity contribution in [3.8, 4) is 22.6 Å². The number of aromatic nitrogens is 2. The van der Waals surface area contributed by atoms with Crippen LogP contribution in [0.3, 0.4) is 0 Å². The molecule has 1 atom stereocenters. The van der Waals surface area contributed by atoms with E-state index in [-0.39, 0.29) is 17.2 Å². The van der Waals surface area contributed by atoms with Crippen molar-refractivity contribution < 1.29 is 14.3 Å². The van der Waals surface area contributed by atoms with Crippen molar-refractivity contribution in [2.24, 2.45) is 0 Å². The van der Waals surface area contributed by atoms with E-state index in [4.69, 9.17) is 21.1 Å². The zero-order chi connectivity index (χ0) is 21.4. The summed E-state index contributed by atoms with van der Waals surface area (Å²) in [4.78, 5) is 23.8. The lowest BCUT2D eigenvalue weighted by molar-refractivity contribution is -0.119. The van der Waals surface area contributed by atoms with Gasteiger partial charge in [0.2, 0.25) is 11.2 Å². The molecule has 2 aromatic heterocycles. The number of hydrogen-bond donors (Lipinski definition) is 1. The number of halogens is 1. The van der Waals surface area contributed by atoms with Crippen LogP contribution >= 0.6 is 22.9 Å². The first-order valence-electron chi connectivity index (χ1n) is 9.62. The first kappa shape index (κ1) is 20.7. The molecule has 0 radical (unpaired) electrons. The molecular weight excluding hydrogens is 424 g/mol. The molecule has 30 heavy (non-hydrogen) atoms. The summed E-state index contributed by atoms with van der Waals surface area (Å²) in [5, 5.41) is 3.20. The molecule has 0 aliphatic carbocycles. The third-order valence-corrected chi connectivity index (χ3v) is 6.49. The number of carbonyl (C=O) groups excluding carboxylic acids is 1. The van der Waals surface area contributed by atoms with Crippen LogP contribution in [0.1, 0.15) is 18.2 Å². The fourth-order valence-corrected chi connectivity index (χ4v) is 5.25. The second-order valence-corrected chi connectivity index (χ2v) is 8.79. The minimum absolute atomic E-state index is 0.0181. The van der Waals surface area contributed by atoms with Crippen molar-refractivity contribution in [2.75, 3.05) is 32.2 Å². The van der Waals surface area contributed by atoms with E-state index in [1.54, 1.807) is 32.5 Å². The van der Waals surface area contributed by atoms with Gasteiger partial charge in [-0.2, -0.15) is 4.98 Å². The van der Waals surface area contributed by atoms with Gasteiger partial charge < -0.3 is 19.7 Å². The van der Waals surface area contributed by atoms with Gasteiger partial charge >= 0.3 is 0 Å². The van der Waals surface area contributed by atoms with E-state index in [0.717, 1.165) is 45.0 Å². The van der Waals surface area contributed by atoms with Crippen LogP contribution in [-0.4, -0.2) is 49.2 Å². The van der Waals surface area contributed by atoms with Gasteiger partial charge in [-0.3, -0.25) is 4.79 Å². The van der Waals surface area contributed by atoms with Gasteiger partial charge in [-0.05, 0) is 42.6 Å². The zero-order valence-corrected chi connectivity index (χ0v) is 18.9. The summed E-state index contributed by atoms with van der Waals surface area (Å²) in [6.45, 7) is 5.11. The normalized spacial score (nSPS) is 16.2. The van der Waals surface area contributed by atoms with Gasteiger partial charge in [0.1, 0.15) is 0 Å². The second kappa shape index (κ2) is 8.28. The highest BCUT2D eigenvalue weighted by atomic mass is 35.5. The average molecular weight is 447 g/mol. The molecule has 0 spiro atoms. The molecule has 7 nitrogen and oxygen atoms in total. The number of nitrogens with zero attached hydrogens (tertiary/aromatic N) is 3. The monoisotopic (exact) mass is 446 g/mol. The maximum atomic E-state index is 11.4. The van der Waals surface area contributed by atoms with Gasteiger partial charge in [-0.15, -0.1) is 11.3 Å². The molecule has 9 heteroatoms. The lowest BCUT2D eigenvalue weighted by Gasteiger charge is -2.18. The Balaban J connectivity index is 1.79. The Bertz CT molecular complexity index is 1120. The van der Waals surface area contributed by atoms with Crippen molar-refractivity contribution >= 4 is 44.9 Å². The maximum absolute atomic E-state index is 11.4. The second-order valence-electron chi connectivity index (χ2n) is 7.23. The van der Waals surface area contributed by atoms with Crippen molar-refractivity contribution in [1.82, 2.24) is 15.3 Å². The van der Waals surface area contributed by atoms with Crippen LogP contribution in [-0.2, 0) is 4.79 Å². The van der Waals surface area contributed by atoms with Gasteiger partial charge in [0.25, 0.3) is 0 Å². The van der Waals surface area contributed by atoms with E-state index in [1.807, 2.05) is 18.2 Å². The van der Waals surface area contributed by atoms with Crippen molar-refractivity contribution in [3.63, 3.8) is 0 Å².